The molecule has 0 bridgehead atoms. The summed E-state index contributed by atoms with van der Waals surface area (Å²) in [7, 11) is 0. The lowest BCUT2D eigenvalue weighted by Gasteiger charge is -2.13. The molecule has 0 unspecified atom stereocenters. The van der Waals surface area contributed by atoms with E-state index in [4.69, 9.17) is 16.3 Å². The minimum absolute atomic E-state index is 0.297. The molecule has 1 aromatic rings. The molecular weight excluding hydrogens is 226 g/mol. The Bertz CT molecular complexity index is 412. The van der Waals surface area contributed by atoms with E-state index in [9.17, 15) is 4.79 Å². The summed E-state index contributed by atoms with van der Waals surface area (Å²) in [5.41, 5.74) is 0.682. The number of hydrogen-bond acceptors (Lipinski definition) is 3. The van der Waals surface area contributed by atoms with Crippen LogP contribution in [0, 0.1) is 0 Å². The molecule has 4 heteroatoms. The number of carbonyl (C=O) groups is 1. The van der Waals surface area contributed by atoms with Gasteiger partial charge in [-0.3, -0.25) is 0 Å². The van der Waals surface area contributed by atoms with Gasteiger partial charge < -0.3 is 10.1 Å². The van der Waals surface area contributed by atoms with Gasteiger partial charge in [-0.05, 0) is 37.2 Å². The fraction of sp³-hybridized carbons (Fsp3) is 0.250. The van der Waals surface area contributed by atoms with Crippen molar-refractivity contribution in [3.8, 4) is 5.75 Å². The van der Waals surface area contributed by atoms with E-state index in [1.807, 2.05) is 6.08 Å². The van der Waals surface area contributed by atoms with Gasteiger partial charge >= 0.3 is 5.97 Å². The highest BCUT2D eigenvalue weighted by Crippen LogP contribution is 2.17. The highest BCUT2D eigenvalue weighted by atomic mass is 35.5. The summed E-state index contributed by atoms with van der Waals surface area (Å²) in [6.45, 7) is 1.49. The van der Waals surface area contributed by atoms with Crippen LogP contribution in [0.4, 0.5) is 0 Å². The molecule has 0 aliphatic carbocycles. The summed E-state index contributed by atoms with van der Waals surface area (Å²) >= 11 is 5.74. The molecule has 0 radical (unpaired) electrons. The van der Waals surface area contributed by atoms with Gasteiger partial charge in [-0.15, -0.1) is 0 Å². The highest BCUT2D eigenvalue weighted by Gasteiger charge is 2.13. The van der Waals surface area contributed by atoms with Gasteiger partial charge in [-0.25, -0.2) is 4.79 Å². The Morgan fingerprint density at radius 1 is 1.31 bits per heavy atom. The van der Waals surface area contributed by atoms with Gasteiger partial charge in [0, 0.05) is 17.1 Å². The second-order valence-electron chi connectivity index (χ2n) is 3.54. The Balaban J connectivity index is 2.01. The van der Waals surface area contributed by atoms with E-state index in [0.717, 1.165) is 13.0 Å². The fourth-order valence-electron chi connectivity index (χ4n) is 1.47. The van der Waals surface area contributed by atoms with Gasteiger partial charge in [0.15, 0.2) is 0 Å². The van der Waals surface area contributed by atoms with Crippen molar-refractivity contribution in [2.24, 2.45) is 0 Å². The van der Waals surface area contributed by atoms with Gasteiger partial charge in [0.25, 0.3) is 0 Å². The number of halogens is 1. The first-order valence-corrected chi connectivity index (χ1v) is 5.51. The van der Waals surface area contributed by atoms with Crippen LogP contribution >= 0.6 is 11.6 Å². The lowest BCUT2D eigenvalue weighted by atomic mass is 10.1. The molecule has 0 atom stereocenters. The smallest absolute Gasteiger partial charge is 0.340 e. The second-order valence-corrected chi connectivity index (χ2v) is 3.97. The molecule has 0 aromatic heterocycles. The fourth-order valence-corrected chi connectivity index (χ4v) is 1.60. The molecule has 16 heavy (non-hydrogen) atoms. The number of ether oxygens (including phenoxy) is 1. The standard InChI is InChI=1S/C12H12ClNO2/c13-10-3-5-11(6-4-10)16-12(15)9-2-1-7-14-8-9/h2-6,14H,1,7-8H2. The monoisotopic (exact) mass is 237 g/mol. The Kier molecular flexibility index (Phi) is 3.59. The molecule has 3 nitrogen and oxygen atoms in total. The van der Waals surface area contributed by atoms with Gasteiger partial charge in [-0.1, -0.05) is 17.7 Å². The van der Waals surface area contributed by atoms with Crippen molar-refractivity contribution in [2.45, 2.75) is 6.42 Å². The van der Waals surface area contributed by atoms with E-state index in [1.165, 1.54) is 0 Å². The molecule has 2 rings (SSSR count). The van der Waals surface area contributed by atoms with Crippen LogP contribution in [0.15, 0.2) is 35.9 Å². The first-order valence-electron chi connectivity index (χ1n) is 5.13. The minimum Gasteiger partial charge on any atom is -0.423 e. The first-order chi connectivity index (χ1) is 7.75. The van der Waals surface area contributed by atoms with Crippen molar-refractivity contribution in [3.63, 3.8) is 0 Å². The number of nitrogens with one attached hydrogen (secondary N) is 1. The number of carbonyl (C=O) groups excluding carboxylic acids is 1. The summed E-state index contributed by atoms with van der Waals surface area (Å²) in [6.07, 6.45) is 2.78. The summed E-state index contributed by atoms with van der Waals surface area (Å²) in [4.78, 5) is 11.7. The maximum atomic E-state index is 11.7. The van der Waals surface area contributed by atoms with E-state index in [2.05, 4.69) is 5.32 Å². The van der Waals surface area contributed by atoms with Crippen LogP contribution in [0.25, 0.3) is 0 Å². The number of esters is 1. The molecule has 0 fully saturated rings. The molecule has 1 aromatic carbocycles. The summed E-state index contributed by atoms with van der Waals surface area (Å²) in [5.74, 6) is 0.218. The number of hydrogen-bond donors (Lipinski definition) is 1. The maximum Gasteiger partial charge on any atom is 0.340 e. The molecule has 1 aliphatic rings. The minimum atomic E-state index is -0.297. The van der Waals surface area contributed by atoms with Crippen molar-refractivity contribution >= 4 is 17.6 Å². The van der Waals surface area contributed by atoms with Crippen molar-refractivity contribution < 1.29 is 9.53 Å². The predicted molar refractivity (Wildman–Crippen MR) is 62.7 cm³/mol. The highest BCUT2D eigenvalue weighted by molar-refractivity contribution is 6.30. The second kappa shape index (κ2) is 5.14. The average Bonchev–Trinajstić information content (AvgIpc) is 2.33. The van der Waals surface area contributed by atoms with Gasteiger partial charge in [0.2, 0.25) is 0 Å². The third kappa shape index (κ3) is 2.84. The van der Waals surface area contributed by atoms with Crippen LogP contribution < -0.4 is 10.1 Å². The lowest BCUT2D eigenvalue weighted by molar-refractivity contribution is -0.130. The normalized spacial score (nSPS) is 15.4. The molecular formula is C12H12ClNO2. The van der Waals surface area contributed by atoms with E-state index in [0.29, 0.717) is 22.9 Å². The number of rotatable bonds is 2. The third-order valence-electron chi connectivity index (χ3n) is 2.31. The Morgan fingerprint density at radius 3 is 2.69 bits per heavy atom. The lowest BCUT2D eigenvalue weighted by Crippen LogP contribution is -2.28. The van der Waals surface area contributed by atoms with Crippen molar-refractivity contribution in [1.82, 2.24) is 5.32 Å². The Labute approximate surface area is 99.1 Å². The van der Waals surface area contributed by atoms with Crippen LogP contribution in [0.5, 0.6) is 5.75 Å². The molecule has 1 aliphatic heterocycles. The van der Waals surface area contributed by atoms with E-state index in [1.54, 1.807) is 24.3 Å². The van der Waals surface area contributed by atoms with E-state index < -0.39 is 0 Å². The van der Waals surface area contributed by atoms with Gasteiger partial charge in [0.1, 0.15) is 5.75 Å². The first kappa shape index (κ1) is 11.2. The molecule has 0 spiro atoms. The van der Waals surface area contributed by atoms with Crippen LogP contribution in [-0.4, -0.2) is 19.1 Å². The molecule has 84 valence electrons. The van der Waals surface area contributed by atoms with Gasteiger partial charge in [0.05, 0.1) is 0 Å². The molecule has 0 amide bonds. The molecule has 1 N–H and O–H groups in total. The SMILES string of the molecule is O=C(Oc1ccc(Cl)cc1)C1=CCCNC1. The summed E-state index contributed by atoms with van der Waals surface area (Å²) in [5, 5.41) is 3.74. The van der Waals surface area contributed by atoms with Crippen LogP contribution in [0.2, 0.25) is 5.02 Å². The van der Waals surface area contributed by atoms with Crippen LogP contribution in [0.1, 0.15) is 6.42 Å². The topological polar surface area (TPSA) is 38.3 Å². The third-order valence-corrected chi connectivity index (χ3v) is 2.57. The van der Waals surface area contributed by atoms with Crippen molar-refractivity contribution in [1.29, 1.82) is 0 Å². The van der Waals surface area contributed by atoms with Crippen LogP contribution in [-0.2, 0) is 4.79 Å². The zero-order chi connectivity index (χ0) is 11.4. The predicted octanol–water partition coefficient (Wildman–Crippen LogP) is 2.17. The summed E-state index contributed by atoms with van der Waals surface area (Å²) in [6, 6.07) is 6.74. The summed E-state index contributed by atoms with van der Waals surface area (Å²) < 4.78 is 5.20. The number of benzene rings is 1. The molecule has 0 saturated heterocycles. The Morgan fingerprint density at radius 2 is 2.06 bits per heavy atom. The largest absolute Gasteiger partial charge is 0.423 e. The average molecular weight is 238 g/mol. The maximum absolute atomic E-state index is 11.7. The van der Waals surface area contributed by atoms with Crippen molar-refractivity contribution in [3.05, 3.63) is 40.9 Å². The zero-order valence-electron chi connectivity index (χ0n) is 8.70. The van der Waals surface area contributed by atoms with Crippen LogP contribution in [0.3, 0.4) is 0 Å². The van der Waals surface area contributed by atoms with Crippen molar-refractivity contribution in [2.75, 3.05) is 13.1 Å². The Hall–Kier alpha value is -1.32. The van der Waals surface area contributed by atoms with E-state index in [-0.39, 0.29) is 5.97 Å². The zero-order valence-corrected chi connectivity index (χ0v) is 9.46. The molecule has 0 saturated carbocycles. The molecule has 1 heterocycles. The van der Waals surface area contributed by atoms with E-state index >= 15 is 0 Å². The van der Waals surface area contributed by atoms with Gasteiger partial charge in [-0.2, -0.15) is 0 Å². The quantitative estimate of drug-likeness (QED) is 0.633.